The number of ether oxygens (including phenoxy) is 1. The van der Waals surface area contributed by atoms with E-state index in [0.717, 1.165) is 38.6 Å². The smallest absolute Gasteiger partial charge is 0.387 e. The summed E-state index contributed by atoms with van der Waals surface area (Å²) in [7, 11) is 0. The summed E-state index contributed by atoms with van der Waals surface area (Å²) < 4.78 is 28.5. The van der Waals surface area contributed by atoms with Gasteiger partial charge in [0.15, 0.2) is 0 Å². The van der Waals surface area contributed by atoms with Crippen molar-refractivity contribution < 1.29 is 18.3 Å². The molecule has 2 fully saturated rings. The fourth-order valence-electron chi connectivity index (χ4n) is 3.36. The summed E-state index contributed by atoms with van der Waals surface area (Å²) >= 11 is 0. The van der Waals surface area contributed by atoms with E-state index in [-0.39, 0.29) is 23.6 Å². The number of carbonyl (C=O) groups excluding carboxylic acids is 1. The number of halogens is 2. The van der Waals surface area contributed by atoms with Crippen LogP contribution in [-0.4, -0.2) is 41.5 Å². The number of alkyl halides is 2. The van der Waals surface area contributed by atoms with E-state index in [1.54, 1.807) is 6.07 Å². The van der Waals surface area contributed by atoms with Crippen LogP contribution in [0.1, 0.15) is 32.1 Å². The molecule has 0 radical (unpaired) electrons. The van der Waals surface area contributed by atoms with Gasteiger partial charge in [0.05, 0.1) is 6.20 Å². The third-order valence-corrected chi connectivity index (χ3v) is 4.52. The second-order valence-corrected chi connectivity index (χ2v) is 6.15. The first-order valence-corrected chi connectivity index (χ1v) is 8.08. The molecule has 1 atom stereocenters. The zero-order chi connectivity index (χ0) is 16.2. The number of pyridine rings is 1. The average molecular weight is 325 g/mol. The lowest BCUT2D eigenvalue weighted by atomic mass is 10.1. The van der Waals surface area contributed by atoms with Crippen LogP contribution in [0.15, 0.2) is 18.3 Å². The Labute approximate surface area is 134 Å². The van der Waals surface area contributed by atoms with Crippen molar-refractivity contribution in [3.8, 4) is 5.75 Å². The van der Waals surface area contributed by atoms with Crippen LogP contribution < -0.4 is 10.1 Å². The number of hydrogen-bond donors (Lipinski definition) is 1. The molecule has 1 aromatic heterocycles. The highest BCUT2D eigenvalue weighted by Gasteiger charge is 2.32. The Morgan fingerprint density at radius 1 is 1.30 bits per heavy atom. The summed E-state index contributed by atoms with van der Waals surface area (Å²) in [4.78, 5) is 18.4. The van der Waals surface area contributed by atoms with Gasteiger partial charge in [0.1, 0.15) is 11.6 Å². The molecule has 7 heteroatoms. The van der Waals surface area contributed by atoms with E-state index in [4.69, 9.17) is 0 Å². The molecule has 0 bridgehead atoms. The van der Waals surface area contributed by atoms with Crippen molar-refractivity contribution in [2.45, 2.75) is 44.8 Å². The minimum absolute atomic E-state index is 0.0370. The van der Waals surface area contributed by atoms with E-state index in [0.29, 0.717) is 12.4 Å². The summed E-state index contributed by atoms with van der Waals surface area (Å²) in [6.45, 7) is -1.41. The molecule has 1 amide bonds. The predicted molar refractivity (Wildman–Crippen MR) is 81.4 cm³/mol. The topological polar surface area (TPSA) is 54.5 Å². The van der Waals surface area contributed by atoms with Crippen molar-refractivity contribution in [2.24, 2.45) is 5.92 Å². The molecular formula is C16H21F2N3O2. The van der Waals surface area contributed by atoms with Crippen LogP contribution in [0.3, 0.4) is 0 Å². The third-order valence-electron chi connectivity index (χ3n) is 4.52. The standard InChI is InChI=1S/C16H21F2N3O2/c17-16(18)23-13-5-6-14(19-9-13)20-12-7-8-21(10-12)15(22)11-3-1-2-4-11/h5-6,9,11-12,16H,1-4,7-8,10H2,(H,19,20)/t12-/m0/s1. The van der Waals surface area contributed by atoms with Crippen LogP contribution in [0, 0.1) is 5.92 Å². The van der Waals surface area contributed by atoms with Crippen molar-refractivity contribution in [3.63, 3.8) is 0 Å². The molecule has 1 aliphatic carbocycles. The first-order valence-electron chi connectivity index (χ1n) is 8.08. The second-order valence-electron chi connectivity index (χ2n) is 6.15. The van der Waals surface area contributed by atoms with E-state index in [9.17, 15) is 13.6 Å². The van der Waals surface area contributed by atoms with E-state index in [1.807, 2.05) is 4.90 Å². The Bertz CT molecular complexity index is 533. The minimum atomic E-state index is -2.85. The lowest BCUT2D eigenvalue weighted by Crippen LogP contribution is -2.35. The molecule has 126 valence electrons. The van der Waals surface area contributed by atoms with E-state index >= 15 is 0 Å². The van der Waals surface area contributed by atoms with Gasteiger partial charge in [-0.15, -0.1) is 0 Å². The largest absolute Gasteiger partial charge is 0.433 e. The molecule has 0 spiro atoms. The highest BCUT2D eigenvalue weighted by atomic mass is 19.3. The van der Waals surface area contributed by atoms with E-state index in [1.165, 1.54) is 12.3 Å². The number of carbonyl (C=O) groups is 1. The molecule has 1 aliphatic heterocycles. The number of anilines is 1. The van der Waals surface area contributed by atoms with Gasteiger partial charge in [-0.25, -0.2) is 4.98 Å². The lowest BCUT2D eigenvalue weighted by molar-refractivity contribution is -0.134. The molecule has 1 saturated carbocycles. The van der Waals surface area contributed by atoms with Gasteiger partial charge in [-0.05, 0) is 31.4 Å². The molecule has 3 rings (SSSR count). The maximum absolute atomic E-state index is 12.4. The van der Waals surface area contributed by atoms with Crippen molar-refractivity contribution >= 4 is 11.7 Å². The van der Waals surface area contributed by atoms with Gasteiger partial charge in [-0.2, -0.15) is 8.78 Å². The molecular weight excluding hydrogens is 304 g/mol. The maximum Gasteiger partial charge on any atom is 0.387 e. The fourth-order valence-corrected chi connectivity index (χ4v) is 3.36. The van der Waals surface area contributed by atoms with Gasteiger partial charge in [0.2, 0.25) is 5.91 Å². The van der Waals surface area contributed by atoms with Gasteiger partial charge in [-0.3, -0.25) is 4.79 Å². The average Bonchev–Trinajstić information content (AvgIpc) is 3.19. The van der Waals surface area contributed by atoms with Crippen molar-refractivity contribution in [1.82, 2.24) is 9.88 Å². The number of amides is 1. The summed E-state index contributed by atoms with van der Waals surface area (Å²) in [5, 5.41) is 3.25. The first kappa shape index (κ1) is 16.0. The molecule has 23 heavy (non-hydrogen) atoms. The molecule has 2 aliphatic rings. The van der Waals surface area contributed by atoms with Crippen LogP contribution in [0.25, 0.3) is 0 Å². The highest BCUT2D eigenvalue weighted by molar-refractivity contribution is 5.79. The van der Waals surface area contributed by atoms with Gasteiger partial charge in [0, 0.05) is 25.0 Å². The fraction of sp³-hybridized carbons (Fsp3) is 0.625. The Hall–Kier alpha value is -1.92. The lowest BCUT2D eigenvalue weighted by Gasteiger charge is -2.20. The Kier molecular flexibility index (Phi) is 4.93. The summed E-state index contributed by atoms with van der Waals surface area (Å²) in [6, 6.07) is 3.21. The predicted octanol–water partition coefficient (Wildman–Crippen LogP) is 2.89. The van der Waals surface area contributed by atoms with Gasteiger partial charge >= 0.3 is 6.61 Å². The van der Waals surface area contributed by atoms with Crippen molar-refractivity contribution in [2.75, 3.05) is 18.4 Å². The van der Waals surface area contributed by atoms with Crippen LogP contribution in [0.5, 0.6) is 5.75 Å². The number of likely N-dealkylation sites (tertiary alicyclic amines) is 1. The normalized spacial score (nSPS) is 21.9. The highest BCUT2D eigenvalue weighted by Crippen LogP contribution is 2.28. The SMILES string of the molecule is O=C(C1CCCC1)N1CC[C@H](Nc2ccc(OC(F)F)cn2)C1. The zero-order valence-corrected chi connectivity index (χ0v) is 12.9. The quantitative estimate of drug-likeness (QED) is 0.904. The van der Waals surface area contributed by atoms with Gasteiger partial charge in [0.25, 0.3) is 0 Å². The molecule has 0 unspecified atom stereocenters. The van der Waals surface area contributed by atoms with Crippen LogP contribution in [0.2, 0.25) is 0 Å². The maximum atomic E-state index is 12.4. The van der Waals surface area contributed by atoms with Crippen molar-refractivity contribution in [1.29, 1.82) is 0 Å². The van der Waals surface area contributed by atoms with E-state index < -0.39 is 6.61 Å². The number of aromatic nitrogens is 1. The Morgan fingerprint density at radius 2 is 2.09 bits per heavy atom. The van der Waals surface area contributed by atoms with Gasteiger partial charge in [-0.1, -0.05) is 12.8 Å². The molecule has 1 saturated heterocycles. The molecule has 5 nitrogen and oxygen atoms in total. The number of nitrogens with zero attached hydrogens (tertiary/aromatic N) is 2. The van der Waals surface area contributed by atoms with Crippen LogP contribution >= 0.6 is 0 Å². The zero-order valence-electron chi connectivity index (χ0n) is 12.9. The van der Waals surface area contributed by atoms with Crippen LogP contribution in [0.4, 0.5) is 14.6 Å². The third kappa shape index (κ3) is 4.09. The molecule has 2 heterocycles. The summed E-state index contributed by atoms with van der Waals surface area (Å²) in [5.41, 5.74) is 0. The summed E-state index contributed by atoms with van der Waals surface area (Å²) in [5.74, 6) is 1.12. The molecule has 1 N–H and O–H groups in total. The number of nitrogens with one attached hydrogen (secondary N) is 1. The monoisotopic (exact) mass is 325 g/mol. The molecule has 0 aromatic carbocycles. The Morgan fingerprint density at radius 3 is 2.74 bits per heavy atom. The second kappa shape index (κ2) is 7.10. The van der Waals surface area contributed by atoms with E-state index in [2.05, 4.69) is 15.0 Å². The first-order chi connectivity index (χ1) is 11.1. The van der Waals surface area contributed by atoms with Gasteiger partial charge < -0.3 is 15.0 Å². The van der Waals surface area contributed by atoms with Crippen molar-refractivity contribution in [3.05, 3.63) is 18.3 Å². The molecule has 1 aromatic rings. The number of hydrogen-bond acceptors (Lipinski definition) is 4. The van der Waals surface area contributed by atoms with Crippen LogP contribution in [-0.2, 0) is 4.79 Å². The Balaban J connectivity index is 1.50. The number of rotatable bonds is 5. The summed E-state index contributed by atoms with van der Waals surface area (Å²) in [6.07, 6.45) is 6.48. The minimum Gasteiger partial charge on any atom is -0.433 e.